The van der Waals surface area contributed by atoms with Gasteiger partial charge >= 0.3 is 0 Å². The summed E-state index contributed by atoms with van der Waals surface area (Å²) in [6.45, 7) is 8.40. The smallest absolute Gasteiger partial charge is 0.159 e. The highest BCUT2D eigenvalue weighted by Crippen LogP contribution is 2.21. The summed E-state index contributed by atoms with van der Waals surface area (Å²) < 4.78 is 4.15. The van der Waals surface area contributed by atoms with Crippen LogP contribution in [0.25, 0.3) is 5.65 Å². The van der Waals surface area contributed by atoms with Crippen molar-refractivity contribution in [2.24, 2.45) is 5.92 Å². The Balaban J connectivity index is 1.49. The van der Waals surface area contributed by atoms with Gasteiger partial charge in [-0.25, -0.2) is 14.5 Å². The van der Waals surface area contributed by atoms with Crippen molar-refractivity contribution in [2.75, 3.05) is 13.1 Å². The number of hydrogen-bond acceptors (Lipinski definition) is 4. The number of rotatable bonds is 4. The second-order valence-electron chi connectivity index (χ2n) is 6.95. The Morgan fingerprint density at radius 3 is 3.04 bits per heavy atom. The van der Waals surface area contributed by atoms with E-state index in [-0.39, 0.29) is 0 Å². The normalized spacial score (nSPS) is 19.2. The van der Waals surface area contributed by atoms with E-state index in [4.69, 9.17) is 4.98 Å². The third-order valence-electron chi connectivity index (χ3n) is 4.88. The predicted octanol–water partition coefficient (Wildman–Crippen LogP) is 2.45. The van der Waals surface area contributed by atoms with Crippen molar-refractivity contribution in [1.82, 2.24) is 29.0 Å². The maximum atomic E-state index is 4.70. The first-order chi connectivity index (χ1) is 11.7. The molecule has 0 bridgehead atoms. The van der Waals surface area contributed by atoms with Gasteiger partial charge in [-0.3, -0.25) is 4.90 Å². The van der Waals surface area contributed by atoms with Crippen LogP contribution in [0, 0.1) is 19.8 Å². The molecule has 4 rings (SSSR count). The summed E-state index contributed by atoms with van der Waals surface area (Å²) in [5.74, 6) is 0.686. The number of imidazole rings is 1. The molecule has 4 heterocycles. The van der Waals surface area contributed by atoms with Gasteiger partial charge in [0.25, 0.3) is 0 Å². The topological polar surface area (TPSA) is 51.2 Å². The summed E-state index contributed by atoms with van der Waals surface area (Å²) in [7, 11) is 0. The molecule has 1 fully saturated rings. The number of fused-ring (bicyclic) bond motifs is 1. The number of likely N-dealkylation sites (tertiary alicyclic amines) is 1. The minimum Gasteiger partial charge on any atom is -0.337 e. The molecule has 6 nitrogen and oxygen atoms in total. The van der Waals surface area contributed by atoms with E-state index in [1.807, 2.05) is 30.2 Å². The van der Waals surface area contributed by atoms with Crippen LogP contribution in [0.2, 0.25) is 0 Å². The van der Waals surface area contributed by atoms with Crippen molar-refractivity contribution in [2.45, 2.75) is 39.8 Å². The molecular formula is C18H24N6. The molecule has 6 heteroatoms. The zero-order valence-electron chi connectivity index (χ0n) is 14.4. The molecule has 0 N–H and O–H groups in total. The van der Waals surface area contributed by atoms with Crippen molar-refractivity contribution < 1.29 is 0 Å². The molecule has 0 aliphatic carbocycles. The summed E-state index contributed by atoms with van der Waals surface area (Å²) >= 11 is 0. The van der Waals surface area contributed by atoms with Crippen LogP contribution < -0.4 is 0 Å². The fourth-order valence-corrected chi connectivity index (χ4v) is 3.81. The quantitative estimate of drug-likeness (QED) is 0.740. The maximum Gasteiger partial charge on any atom is 0.159 e. The molecule has 1 atom stereocenters. The molecule has 3 aromatic heterocycles. The van der Waals surface area contributed by atoms with Crippen molar-refractivity contribution in [3.05, 3.63) is 47.9 Å². The van der Waals surface area contributed by atoms with E-state index in [1.165, 1.54) is 18.4 Å². The number of aromatic nitrogens is 5. The zero-order chi connectivity index (χ0) is 16.5. The van der Waals surface area contributed by atoms with Gasteiger partial charge in [-0.05, 0) is 45.2 Å². The molecule has 0 spiro atoms. The van der Waals surface area contributed by atoms with Crippen LogP contribution in [0.15, 0.2) is 31.0 Å². The molecule has 0 aromatic carbocycles. The summed E-state index contributed by atoms with van der Waals surface area (Å²) in [6, 6.07) is 2.08. The molecule has 1 saturated heterocycles. The van der Waals surface area contributed by atoms with Gasteiger partial charge in [-0.15, -0.1) is 0 Å². The molecule has 3 aromatic rings. The molecule has 126 valence electrons. The van der Waals surface area contributed by atoms with Crippen LogP contribution in [-0.4, -0.2) is 42.1 Å². The highest BCUT2D eigenvalue weighted by Gasteiger charge is 2.21. The highest BCUT2D eigenvalue weighted by atomic mass is 15.3. The third kappa shape index (κ3) is 3.06. The Bertz CT molecular complexity index is 820. The van der Waals surface area contributed by atoms with Gasteiger partial charge < -0.3 is 4.57 Å². The summed E-state index contributed by atoms with van der Waals surface area (Å²) in [5.41, 5.74) is 4.42. The fraction of sp³-hybridized carbons (Fsp3) is 0.500. The Morgan fingerprint density at radius 2 is 2.21 bits per heavy atom. The van der Waals surface area contributed by atoms with Crippen molar-refractivity contribution in [1.29, 1.82) is 0 Å². The average Bonchev–Trinajstić information content (AvgIpc) is 3.18. The first kappa shape index (κ1) is 15.3. The van der Waals surface area contributed by atoms with Crippen LogP contribution in [0.1, 0.15) is 29.8 Å². The van der Waals surface area contributed by atoms with Gasteiger partial charge in [0.15, 0.2) is 5.65 Å². The van der Waals surface area contributed by atoms with E-state index in [0.29, 0.717) is 5.92 Å². The second-order valence-corrected chi connectivity index (χ2v) is 6.95. The van der Waals surface area contributed by atoms with Crippen LogP contribution in [0.5, 0.6) is 0 Å². The van der Waals surface area contributed by atoms with E-state index < -0.39 is 0 Å². The lowest BCUT2D eigenvalue weighted by Crippen LogP contribution is -2.36. The zero-order valence-corrected chi connectivity index (χ0v) is 14.4. The minimum absolute atomic E-state index is 0.686. The number of nitrogens with zero attached hydrogens (tertiary/aromatic N) is 6. The molecule has 1 aliphatic heterocycles. The summed E-state index contributed by atoms with van der Waals surface area (Å²) in [4.78, 5) is 11.4. The van der Waals surface area contributed by atoms with Crippen LogP contribution in [-0.2, 0) is 13.1 Å². The lowest BCUT2D eigenvalue weighted by atomic mass is 9.97. The van der Waals surface area contributed by atoms with Gasteiger partial charge in [0.05, 0.1) is 12.5 Å². The third-order valence-corrected chi connectivity index (χ3v) is 4.88. The van der Waals surface area contributed by atoms with E-state index in [2.05, 4.69) is 38.7 Å². The predicted molar refractivity (Wildman–Crippen MR) is 92.7 cm³/mol. The lowest BCUT2D eigenvalue weighted by Gasteiger charge is -2.32. The minimum atomic E-state index is 0.686. The lowest BCUT2D eigenvalue weighted by molar-refractivity contribution is 0.156. The van der Waals surface area contributed by atoms with Crippen LogP contribution in [0.4, 0.5) is 0 Å². The number of piperidine rings is 1. The largest absolute Gasteiger partial charge is 0.337 e. The molecule has 24 heavy (non-hydrogen) atoms. The molecule has 0 saturated carbocycles. The summed E-state index contributed by atoms with van der Waals surface area (Å²) in [5, 5.41) is 4.52. The van der Waals surface area contributed by atoms with Crippen LogP contribution in [0.3, 0.4) is 0 Å². The van der Waals surface area contributed by atoms with Gasteiger partial charge in [0.2, 0.25) is 0 Å². The van der Waals surface area contributed by atoms with E-state index >= 15 is 0 Å². The molecular weight excluding hydrogens is 300 g/mol. The maximum absolute atomic E-state index is 4.70. The number of aryl methyl sites for hydroxylation is 2. The number of hydrogen-bond donors (Lipinski definition) is 0. The monoisotopic (exact) mass is 324 g/mol. The first-order valence-electron chi connectivity index (χ1n) is 8.68. The Morgan fingerprint density at radius 1 is 1.29 bits per heavy atom. The van der Waals surface area contributed by atoms with Gasteiger partial charge in [0, 0.05) is 49.0 Å². The Labute approximate surface area is 142 Å². The first-order valence-corrected chi connectivity index (χ1v) is 8.68. The second kappa shape index (κ2) is 6.36. The van der Waals surface area contributed by atoms with Crippen molar-refractivity contribution in [3.63, 3.8) is 0 Å². The Hall–Kier alpha value is -2.21. The van der Waals surface area contributed by atoms with Gasteiger partial charge in [0.1, 0.15) is 0 Å². The van der Waals surface area contributed by atoms with Gasteiger partial charge in [-0.2, -0.15) is 5.10 Å². The highest BCUT2D eigenvalue weighted by molar-refractivity contribution is 5.47. The molecule has 0 radical (unpaired) electrons. The fourth-order valence-electron chi connectivity index (χ4n) is 3.81. The Kier molecular flexibility index (Phi) is 4.06. The SMILES string of the molecule is Cc1cc(C)n2ncc(CN3CCC[C@H](Cn4ccnc4)C3)c2n1. The molecule has 0 amide bonds. The van der Waals surface area contributed by atoms with E-state index in [1.54, 1.807) is 0 Å². The molecule has 1 aliphatic rings. The van der Waals surface area contributed by atoms with Gasteiger partial charge in [-0.1, -0.05) is 0 Å². The van der Waals surface area contributed by atoms with E-state index in [9.17, 15) is 0 Å². The van der Waals surface area contributed by atoms with Crippen LogP contribution >= 0.6 is 0 Å². The standard InChI is InChI=1S/C18H24N6/c1-14-8-15(2)24-18(21-14)17(9-20-24)12-22-6-3-4-16(10-22)11-23-7-5-19-13-23/h5,7-9,13,16H,3-4,6,10-12H2,1-2H3/t16-/m0/s1. The average molecular weight is 324 g/mol. The van der Waals surface area contributed by atoms with Crippen molar-refractivity contribution in [3.8, 4) is 0 Å². The van der Waals surface area contributed by atoms with Crippen molar-refractivity contribution >= 4 is 5.65 Å². The molecule has 0 unspecified atom stereocenters. The van der Waals surface area contributed by atoms with E-state index in [0.717, 1.165) is 43.2 Å². The summed E-state index contributed by atoms with van der Waals surface area (Å²) in [6.07, 6.45) is 10.4.